The third-order valence-electron chi connectivity index (χ3n) is 9.76. The Kier molecular flexibility index (Phi) is 7.87. The van der Waals surface area contributed by atoms with Crippen molar-refractivity contribution >= 4 is 29.2 Å². The Labute approximate surface area is 289 Å². The largest absolute Gasteiger partial charge is 0.478 e. The SMILES string of the molecule is O=C(O)c1ccccc1C(=O)NCc1cn2cc(C3CC3)cc(N3CCN(C(c4ccccc4)(c4ccccc4)c4ccccc4)C3=O)c2n1. The number of urea groups is 1. The average Bonchev–Trinajstić information content (AvgIpc) is 3.83. The summed E-state index contributed by atoms with van der Waals surface area (Å²) in [6, 6.07) is 38.7. The fourth-order valence-electron chi connectivity index (χ4n) is 7.29. The van der Waals surface area contributed by atoms with Crippen LogP contribution in [0.4, 0.5) is 10.5 Å². The van der Waals surface area contributed by atoms with Crippen molar-refractivity contribution in [2.45, 2.75) is 30.8 Å². The number of benzene rings is 4. The first-order chi connectivity index (χ1) is 24.4. The highest BCUT2D eigenvalue weighted by atomic mass is 16.4. The van der Waals surface area contributed by atoms with Crippen molar-refractivity contribution in [2.75, 3.05) is 18.0 Å². The highest BCUT2D eigenvalue weighted by Crippen LogP contribution is 2.46. The summed E-state index contributed by atoms with van der Waals surface area (Å²) >= 11 is 0. The number of imidazole rings is 1. The minimum Gasteiger partial charge on any atom is -0.478 e. The normalized spacial score (nSPS) is 14.7. The summed E-state index contributed by atoms with van der Waals surface area (Å²) in [5, 5.41) is 12.4. The molecule has 2 aliphatic rings. The highest BCUT2D eigenvalue weighted by molar-refractivity contribution is 6.04. The molecule has 1 aliphatic carbocycles. The summed E-state index contributed by atoms with van der Waals surface area (Å²) in [7, 11) is 0. The smallest absolute Gasteiger partial charge is 0.336 e. The monoisotopic (exact) mass is 661 g/mol. The molecule has 4 aromatic carbocycles. The molecule has 0 unspecified atom stereocenters. The number of nitrogens with zero attached hydrogens (tertiary/aromatic N) is 4. The first kappa shape index (κ1) is 31.1. The molecule has 0 spiro atoms. The molecule has 0 radical (unpaired) electrons. The summed E-state index contributed by atoms with van der Waals surface area (Å²) in [6.45, 7) is 1.03. The van der Waals surface area contributed by atoms with E-state index in [1.165, 1.54) is 12.1 Å². The van der Waals surface area contributed by atoms with Gasteiger partial charge in [-0.25, -0.2) is 14.6 Å². The lowest BCUT2D eigenvalue weighted by atomic mass is 9.75. The zero-order valence-electron chi connectivity index (χ0n) is 27.3. The number of rotatable bonds is 10. The van der Waals surface area contributed by atoms with Crippen molar-refractivity contribution < 1.29 is 19.5 Å². The topological polar surface area (TPSA) is 107 Å². The molecule has 248 valence electrons. The number of amides is 3. The second-order valence-corrected chi connectivity index (χ2v) is 12.8. The molecule has 1 saturated carbocycles. The van der Waals surface area contributed by atoms with E-state index in [9.17, 15) is 19.5 Å². The van der Waals surface area contributed by atoms with Gasteiger partial charge in [0.25, 0.3) is 5.91 Å². The molecule has 9 nitrogen and oxygen atoms in total. The third-order valence-corrected chi connectivity index (χ3v) is 9.76. The lowest BCUT2D eigenvalue weighted by Crippen LogP contribution is -2.50. The quantitative estimate of drug-likeness (QED) is 0.153. The minimum atomic E-state index is -1.17. The number of carboxylic acid groups (broad SMARTS) is 1. The number of nitrogens with one attached hydrogen (secondary N) is 1. The molecule has 3 amide bonds. The number of pyridine rings is 1. The Hall–Kier alpha value is -6.22. The Bertz CT molecular complexity index is 2120. The maximum absolute atomic E-state index is 15.0. The number of carbonyl (C=O) groups excluding carboxylic acids is 2. The molecule has 1 aliphatic heterocycles. The van der Waals surface area contributed by atoms with E-state index in [1.807, 2.05) is 75.0 Å². The predicted molar refractivity (Wildman–Crippen MR) is 190 cm³/mol. The first-order valence-electron chi connectivity index (χ1n) is 16.8. The van der Waals surface area contributed by atoms with Crippen LogP contribution in [0, 0.1) is 0 Å². The van der Waals surface area contributed by atoms with Gasteiger partial charge >= 0.3 is 12.0 Å². The van der Waals surface area contributed by atoms with Crippen LogP contribution in [0.25, 0.3) is 5.65 Å². The number of anilines is 1. The van der Waals surface area contributed by atoms with E-state index in [0.29, 0.717) is 30.3 Å². The van der Waals surface area contributed by atoms with Crippen LogP contribution in [0.1, 0.15) is 67.4 Å². The Morgan fingerprint density at radius 3 is 1.88 bits per heavy atom. The number of aromatic nitrogens is 2. The van der Waals surface area contributed by atoms with Crippen LogP contribution in [0.2, 0.25) is 0 Å². The van der Waals surface area contributed by atoms with Gasteiger partial charge in [0.05, 0.1) is 29.1 Å². The van der Waals surface area contributed by atoms with E-state index >= 15 is 0 Å². The Morgan fingerprint density at radius 1 is 0.760 bits per heavy atom. The first-order valence-corrected chi connectivity index (χ1v) is 16.8. The molecule has 6 aromatic rings. The molecule has 0 bridgehead atoms. The molecule has 8 rings (SSSR count). The van der Waals surface area contributed by atoms with Crippen LogP contribution < -0.4 is 10.2 Å². The van der Waals surface area contributed by atoms with Crippen molar-refractivity contribution in [1.29, 1.82) is 0 Å². The molecule has 2 aromatic heterocycles. The molecule has 1 saturated heterocycles. The maximum atomic E-state index is 15.0. The molecule has 9 heteroatoms. The molecule has 3 heterocycles. The van der Waals surface area contributed by atoms with Crippen LogP contribution in [-0.2, 0) is 12.1 Å². The molecule has 2 fully saturated rings. The van der Waals surface area contributed by atoms with Gasteiger partial charge in [0.15, 0.2) is 5.65 Å². The third kappa shape index (κ3) is 5.37. The van der Waals surface area contributed by atoms with Crippen molar-refractivity contribution in [2.24, 2.45) is 0 Å². The zero-order valence-corrected chi connectivity index (χ0v) is 27.3. The van der Waals surface area contributed by atoms with Crippen molar-refractivity contribution in [3.63, 3.8) is 0 Å². The molecule has 0 atom stereocenters. The maximum Gasteiger partial charge on any atom is 0.336 e. The van der Waals surface area contributed by atoms with Gasteiger partial charge in [-0.15, -0.1) is 0 Å². The number of fused-ring (bicyclic) bond motifs is 1. The number of hydrogen-bond acceptors (Lipinski definition) is 4. The van der Waals surface area contributed by atoms with Crippen LogP contribution in [0.3, 0.4) is 0 Å². The number of aromatic carboxylic acids is 1. The summed E-state index contributed by atoms with van der Waals surface area (Å²) in [4.78, 5) is 48.5. The molecular weight excluding hydrogens is 626 g/mol. The fraction of sp³-hybridized carbons (Fsp3) is 0.171. The van der Waals surface area contributed by atoms with E-state index in [1.54, 1.807) is 12.1 Å². The van der Waals surface area contributed by atoms with E-state index in [4.69, 9.17) is 4.98 Å². The van der Waals surface area contributed by atoms with Crippen LogP contribution >= 0.6 is 0 Å². The van der Waals surface area contributed by atoms with Gasteiger partial charge in [-0.05, 0) is 59.2 Å². The van der Waals surface area contributed by atoms with Gasteiger partial charge in [0.1, 0.15) is 5.54 Å². The van der Waals surface area contributed by atoms with Gasteiger partial charge < -0.3 is 19.7 Å². The number of carbonyl (C=O) groups is 3. The lowest BCUT2D eigenvalue weighted by molar-refractivity contribution is 0.0691. The van der Waals surface area contributed by atoms with Crippen molar-refractivity contribution in [3.05, 3.63) is 173 Å². The van der Waals surface area contributed by atoms with E-state index < -0.39 is 17.4 Å². The van der Waals surface area contributed by atoms with Gasteiger partial charge in [0.2, 0.25) is 0 Å². The second kappa shape index (κ2) is 12.7. The summed E-state index contributed by atoms with van der Waals surface area (Å²) in [6.07, 6.45) is 6.11. The van der Waals surface area contributed by atoms with Gasteiger partial charge in [-0.1, -0.05) is 103 Å². The van der Waals surface area contributed by atoms with Gasteiger partial charge in [-0.3, -0.25) is 9.69 Å². The van der Waals surface area contributed by atoms with E-state index in [2.05, 4.69) is 54.0 Å². The molecular formula is C41H35N5O4. The number of carboxylic acids is 1. The second-order valence-electron chi connectivity index (χ2n) is 12.8. The standard InChI is InChI=1S/C41H35N5O4/c47-38(34-18-10-11-19-35(34)39(48)49)42-25-33-27-44-26-29(28-20-21-28)24-36(37(44)43-33)45-22-23-46(40(45)50)41(30-12-4-1-5-13-30,31-14-6-2-7-15-31)32-16-8-3-9-17-32/h1-19,24,26-28H,20-23,25H2,(H,42,47)(H,48,49). The zero-order chi connectivity index (χ0) is 34.2. The Morgan fingerprint density at radius 2 is 1.32 bits per heavy atom. The van der Waals surface area contributed by atoms with Crippen molar-refractivity contribution in [1.82, 2.24) is 19.6 Å². The Balaban J connectivity index is 1.18. The van der Waals surface area contributed by atoms with Crippen LogP contribution in [-0.4, -0.2) is 50.4 Å². The summed E-state index contributed by atoms with van der Waals surface area (Å²) < 4.78 is 1.95. The molecule has 50 heavy (non-hydrogen) atoms. The van der Waals surface area contributed by atoms with Crippen molar-refractivity contribution in [3.8, 4) is 0 Å². The number of hydrogen-bond donors (Lipinski definition) is 2. The van der Waals surface area contributed by atoms with E-state index in [-0.39, 0.29) is 23.7 Å². The molecule has 2 N–H and O–H groups in total. The fourth-order valence-corrected chi connectivity index (χ4v) is 7.29. The summed E-state index contributed by atoms with van der Waals surface area (Å²) in [5.74, 6) is -1.24. The van der Waals surface area contributed by atoms with E-state index in [0.717, 1.165) is 40.8 Å². The van der Waals surface area contributed by atoms with Gasteiger partial charge in [0, 0.05) is 25.5 Å². The average molecular weight is 662 g/mol. The highest BCUT2D eigenvalue weighted by Gasteiger charge is 2.49. The van der Waals surface area contributed by atoms with Crippen LogP contribution in [0.15, 0.2) is 134 Å². The van der Waals surface area contributed by atoms with Gasteiger partial charge in [-0.2, -0.15) is 0 Å². The van der Waals surface area contributed by atoms with Crippen LogP contribution in [0.5, 0.6) is 0 Å². The minimum absolute atomic E-state index is 0.0638. The predicted octanol–water partition coefficient (Wildman–Crippen LogP) is 7.07. The lowest BCUT2D eigenvalue weighted by Gasteiger charge is -2.43. The summed E-state index contributed by atoms with van der Waals surface area (Å²) in [5.41, 5.74) is 5.18.